The Hall–Kier alpha value is -2.30. The minimum atomic E-state index is -0.117. The van der Waals surface area contributed by atoms with E-state index in [4.69, 9.17) is 4.74 Å². The Kier molecular flexibility index (Phi) is 10.1. The van der Waals surface area contributed by atoms with Gasteiger partial charge in [-0.25, -0.2) is 4.98 Å². The van der Waals surface area contributed by atoms with E-state index in [1.54, 1.807) is 0 Å². The molecule has 1 aliphatic rings. The van der Waals surface area contributed by atoms with Gasteiger partial charge in [-0.15, -0.1) is 24.0 Å². The molecule has 1 aromatic carbocycles. The predicted octanol–water partition coefficient (Wildman–Crippen LogP) is 2.67. The summed E-state index contributed by atoms with van der Waals surface area (Å²) >= 11 is 0. The van der Waals surface area contributed by atoms with Crippen LogP contribution in [-0.2, 0) is 11.3 Å². The topological polar surface area (TPSA) is 83.8 Å². The number of guanidine groups is 1. The third-order valence-corrected chi connectivity index (χ3v) is 5.43. The molecule has 1 amide bonds. The lowest BCUT2D eigenvalue weighted by molar-refractivity contribution is -0.122. The minimum Gasteiger partial charge on any atom is -0.484 e. The smallest absolute Gasteiger partial charge is 0.257 e. The monoisotopic (exact) mass is 540 g/mol. The average molecular weight is 540 g/mol. The number of carbonyl (C=O) groups excluding carboxylic acids is 1. The van der Waals surface area contributed by atoms with E-state index < -0.39 is 0 Å². The van der Waals surface area contributed by atoms with Crippen LogP contribution in [0.1, 0.15) is 31.9 Å². The molecule has 170 valence electrons. The second-order valence-electron chi connectivity index (χ2n) is 7.58. The number of likely N-dealkylation sites (tertiary alicyclic amines) is 1. The summed E-state index contributed by atoms with van der Waals surface area (Å²) in [4.78, 5) is 22.6. The molecule has 2 heterocycles. The summed E-state index contributed by atoms with van der Waals surface area (Å²) in [7, 11) is 1.82. The number of amides is 1. The van der Waals surface area contributed by atoms with Gasteiger partial charge in [0.25, 0.3) is 5.91 Å². The molecule has 9 heteroatoms. The minimum absolute atomic E-state index is 0. The molecule has 2 aromatic rings. The lowest BCUT2D eigenvalue weighted by atomic mass is 9.93. The molecule has 0 saturated carbocycles. The highest BCUT2D eigenvalue weighted by Crippen LogP contribution is 2.27. The van der Waals surface area contributed by atoms with Crippen LogP contribution < -0.4 is 15.4 Å². The van der Waals surface area contributed by atoms with Gasteiger partial charge in [-0.2, -0.15) is 0 Å². The second-order valence-corrected chi connectivity index (χ2v) is 7.58. The van der Waals surface area contributed by atoms with Crippen LogP contribution in [0.4, 0.5) is 0 Å². The number of rotatable bonds is 7. The van der Waals surface area contributed by atoms with Crippen LogP contribution in [0, 0.1) is 5.92 Å². The number of likely N-dealkylation sites (N-methyl/N-ethyl adjacent to an activating group) is 1. The van der Waals surface area contributed by atoms with Gasteiger partial charge in [0.15, 0.2) is 12.6 Å². The summed E-state index contributed by atoms with van der Waals surface area (Å²) in [6, 6.07) is 8.16. The highest BCUT2D eigenvalue weighted by atomic mass is 127. The SMILES string of the molecule is CCNC(=O)COc1cccc(CNC(=NC)N2CCC(C)C(n3ccnc3)C2)c1.I. The molecular weight excluding hydrogens is 507 g/mol. The van der Waals surface area contributed by atoms with Gasteiger partial charge in [0.2, 0.25) is 0 Å². The number of benzene rings is 1. The van der Waals surface area contributed by atoms with Crippen molar-refractivity contribution < 1.29 is 9.53 Å². The van der Waals surface area contributed by atoms with Crippen LogP contribution in [0.3, 0.4) is 0 Å². The fraction of sp³-hybridized carbons (Fsp3) is 0.500. The lowest BCUT2D eigenvalue weighted by Gasteiger charge is -2.39. The van der Waals surface area contributed by atoms with Crippen molar-refractivity contribution in [3.8, 4) is 5.75 Å². The lowest BCUT2D eigenvalue weighted by Crippen LogP contribution is -2.48. The van der Waals surface area contributed by atoms with E-state index in [1.165, 1.54) is 0 Å². The number of ether oxygens (including phenoxy) is 1. The van der Waals surface area contributed by atoms with Crippen LogP contribution in [0.5, 0.6) is 5.75 Å². The number of aliphatic imine (C=N–C) groups is 1. The van der Waals surface area contributed by atoms with Gasteiger partial charge in [-0.1, -0.05) is 19.1 Å². The Morgan fingerprint density at radius 2 is 2.19 bits per heavy atom. The molecule has 1 aliphatic heterocycles. The third kappa shape index (κ3) is 7.12. The Bertz CT molecular complexity index is 842. The number of hydrogen-bond acceptors (Lipinski definition) is 4. The number of imidazole rings is 1. The Morgan fingerprint density at radius 3 is 2.90 bits per heavy atom. The van der Waals surface area contributed by atoms with E-state index in [-0.39, 0.29) is 36.5 Å². The van der Waals surface area contributed by atoms with Gasteiger partial charge in [-0.05, 0) is 37.0 Å². The normalized spacial score (nSPS) is 18.8. The summed E-state index contributed by atoms with van der Waals surface area (Å²) < 4.78 is 7.78. The first-order chi connectivity index (χ1) is 14.6. The average Bonchev–Trinajstić information content (AvgIpc) is 3.29. The summed E-state index contributed by atoms with van der Waals surface area (Å²) in [6.07, 6.45) is 6.87. The summed E-state index contributed by atoms with van der Waals surface area (Å²) in [5.41, 5.74) is 1.07. The first-order valence-corrected chi connectivity index (χ1v) is 10.5. The first kappa shape index (κ1) is 25.0. The largest absolute Gasteiger partial charge is 0.484 e. The Morgan fingerprint density at radius 1 is 1.35 bits per heavy atom. The molecule has 31 heavy (non-hydrogen) atoms. The quantitative estimate of drug-likeness (QED) is 0.321. The zero-order chi connectivity index (χ0) is 21.3. The van der Waals surface area contributed by atoms with E-state index >= 15 is 0 Å². The molecular formula is C22H33IN6O2. The van der Waals surface area contributed by atoms with Gasteiger partial charge >= 0.3 is 0 Å². The van der Waals surface area contributed by atoms with E-state index in [9.17, 15) is 4.79 Å². The molecule has 3 rings (SSSR count). The van der Waals surface area contributed by atoms with E-state index in [1.807, 2.05) is 57.0 Å². The first-order valence-electron chi connectivity index (χ1n) is 10.5. The number of halogens is 1. The van der Waals surface area contributed by atoms with Crippen molar-refractivity contribution in [3.63, 3.8) is 0 Å². The summed E-state index contributed by atoms with van der Waals surface area (Å²) in [5, 5.41) is 6.19. The van der Waals surface area contributed by atoms with Crippen molar-refractivity contribution in [2.75, 3.05) is 33.3 Å². The van der Waals surface area contributed by atoms with Gasteiger partial charge in [0, 0.05) is 45.6 Å². The standard InChI is InChI=1S/C22H32N6O2.HI/c1-4-25-21(29)15-30-19-7-5-6-18(12-19)13-26-22(23-3)27-10-8-17(2)20(14-27)28-11-9-24-16-28;/h5-7,9,11-12,16-17,20H,4,8,10,13-15H2,1-3H3,(H,23,26)(H,25,29);1H. The highest BCUT2D eigenvalue weighted by Gasteiger charge is 2.28. The van der Waals surface area contributed by atoms with Crippen molar-refractivity contribution in [3.05, 3.63) is 48.5 Å². The van der Waals surface area contributed by atoms with Gasteiger partial charge in [0.05, 0.1) is 12.4 Å². The summed E-state index contributed by atoms with van der Waals surface area (Å²) in [5.74, 6) is 2.05. The number of piperidine rings is 1. The number of carbonyl (C=O) groups is 1. The molecule has 1 fully saturated rings. The molecule has 0 spiro atoms. The highest BCUT2D eigenvalue weighted by molar-refractivity contribution is 14.0. The maximum Gasteiger partial charge on any atom is 0.257 e. The number of nitrogens with one attached hydrogen (secondary N) is 2. The van der Waals surface area contributed by atoms with E-state index in [0.717, 1.165) is 31.0 Å². The van der Waals surface area contributed by atoms with Crippen molar-refractivity contribution in [2.45, 2.75) is 32.9 Å². The number of hydrogen-bond donors (Lipinski definition) is 2. The van der Waals surface area contributed by atoms with Crippen LogP contribution >= 0.6 is 24.0 Å². The maximum atomic E-state index is 11.6. The van der Waals surface area contributed by atoms with Crippen LogP contribution in [-0.4, -0.2) is 59.6 Å². The fourth-order valence-electron chi connectivity index (χ4n) is 3.75. The van der Waals surface area contributed by atoms with E-state index in [0.29, 0.717) is 30.8 Å². The fourth-order valence-corrected chi connectivity index (χ4v) is 3.75. The molecule has 8 nitrogen and oxygen atoms in total. The number of nitrogens with zero attached hydrogens (tertiary/aromatic N) is 4. The van der Waals surface area contributed by atoms with Crippen LogP contribution in [0.25, 0.3) is 0 Å². The van der Waals surface area contributed by atoms with Crippen molar-refractivity contribution in [1.29, 1.82) is 0 Å². The molecule has 2 N–H and O–H groups in total. The summed E-state index contributed by atoms with van der Waals surface area (Å²) in [6.45, 7) is 7.31. The second kappa shape index (κ2) is 12.5. The molecule has 2 atom stereocenters. The maximum absolute atomic E-state index is 11.6. The van der Waals surface area contributed by atoms with Crippen molar-refractivity contribution in [2.24, 2.45) is 10.9 Å². The zero-order valence-electron chi connectivity index (χ0n) is 18.5. The van der Waals surface area contributed by atoms with Crippen LogP contribution in [0.2, 0.25) is 0 Å². The molecule has 1 aromatic heterocycles. The Balaban J connectivity index is 0.00000341. The molecule has 0 aliphatic carbocycles. The molecule has 0 radical (unpaired) electrons. The Labute approximate surface area is 201 Å². The van der Waals surface area contributed by atoms with Gasteiger partial charge in [0.1, 0.15) is 5.75 Å². The van der Waals surface area contributed by atoms with E-state index in [2.05, 4.69) is 37.0 Å². The molecule has 2 unspecified atom stereocenters. The third-order valence-electron chi connectivity index (χ3n) is 5.43. The van der Waals surface area contributed by atoms with Crippen molar-refractivity contribution in [1.82, 2.24) is 25.1 Å². The van der Waals surface area contributed by atoms with Crippen molar-refractivity contribution >= 4 is 35.8 Å². The number of aromatic nitrogens is 2. The predicted molar refractivity (Wildman–Crippen MR) is 133 cm³/mol. The van der Waals surface area contributed by atoms with Gasteiger partial charge in [-0.3, -0.25) is 9.79 Å². The van der Waals surface area contributed by atoms with Crippen LogP contribution in [0.15, 0.2) is 48.0 Å². The molecule has 0 bridgehead atoms. The van der Waals surface area contributed by atoms with Gasteiger partial charge < -0.3 is 24.8 Å². The molecule has 1 saturated heterocycles. The zero-order valence-corrected chi connectivity index (χ0v) is 20.8.